The number of anilines is 3. The van der Waals surface area contributed by atoms with Gasteiger partial charge in [0.2, 0.25) is 0 Å². The summed E-state index contributed by atoms with van der Waals surface area (Å²) in [6, 6.07) is 91.4. The first-order valence-electron chi connectivity index (χ1n) is 22.6. The van der Waals surface area contributed by atoms with Gasteiger partial charge in [-0.25, -0.2) is 0 Å². The summed E-state index contributed by atoms with van der Waals surface area (Å²) >= 11 is 1.90. The molecule has 0 bridgehead atoms. The molecule has 0 unspecified atom stereocenters. The van der Waals surface area contributed by atoms with E-state index in [0.717, 1.165) is 17.1 Å². The lowest BCUT2D eigenvalue weighted by Crippen LogP contribution is -2.10. The Morgan fingerprint density at radius 1 is 0.258 bits per heavy atom. The molecule has 0 aliphatic rings. The summed E-state index contributed by atoms with van der Waals surface area (Å²) in [5.74, 6) is 0. The smallest absolute Gasteiger partial charge is 0.0640 e. The molecule has 0 aliphatic heterocycles. The van der Waals surface area contributed by atoms with Crippen molar-refractivity contribution in [3.63, 3.8) is 0 Å². The number of fused-ring (bicyclic) bond motifs is 8. The van der Waals surface area contributed by atoms with E-state index in [1.165, 1.54) is 108 Å². The third kappa shape index (κ3) is 6.53. The van der Waals surface area contributed by atoms with Crippen molar-refractivity contribution in [1.29, 1.82) is 0 Å². The van der Waals surface area contributed by atoms with Crippen LogP contribution in [-0.2, 0) is 0 Å². The van der Waals surface area contributed by atoms with E-state index in [2.05, 4.69) is 254 Å². The normalized spacial score (nSPS) is 11.6. The Morgan fingerprint density at radius 2 is 0.742 bits per heavy atom. The maximum Gasteiger partial charge on any atom is 0.0640 e. The number of thiophene rings is 1. The second-order valence-corrected chi connectivity index (χ2v) is 18.3. The Balaban J connectivity index is 0.933. The van der Waals surface area contributed by atoms with Gasteiger partial charge in [-0.15, -0.1) is 11.3 Å². The molecule has 0 atom stereocenters. The van der Waals surface area contributed by atoms with Crippen molar-refractivity contribution in [2.45, 2.75) is 0 Å². The van der Waals surface area contributed by atoms with Gasteiger partial charge in [-0.3, -0.25) is 0 Å². The number of benzene rings is 12. The van der Waals surface area contributed by atoms with Gasteiger partial charge in [-0.05, 0) is 137 Å². The molecule has 1 heterocycles. The zero-order valence-electron chi connectivity index (χ0n) is 36.0. The molecular weight excluding hydrogens is 815 g/mol. The SMILES string of the molecule is c1ccc(-c2cc3ccccc3c3c2sc2c(N(c4ccc(-c5ccc6cc(-c7ccc8ccccc8c7)ccc6c5)cc4)c4ccc(-c5cccc6ccccc56)cc4)cccc23)cc1. The zero-order chi connectivity index (χ0) is 43.6. The van der Waals surface area contributed by atoms with Crippen LogP contribution in [-0.4, -0.2) is 0 Å². The number of hydrogen-bond acceptors (Lipinski definition) is 2. The lowest BCUT2D eigenvalue weighted by atomic mass is 9.96. The van der Waals surface area contributed by atoms with Crippen LogP contribution in [0.25, 0.3) is 108 Å². The Hall–Kier alpha value is -8.30. The first kappa shape index (κ1) is 38.2. The monoisotopic (exact) mass is 855 g/mol. The summed E-state index contributed by atoms with van der Waals surface area (Å²) in [6.45, 7) is 0. The van der Waals surface area contributed by atoms with Crippen LogP contribution in [0.15, 0.2) is 249 Å². The minimum Gasteiger partial charge on any atom is -0.309 e. The standard InChI is InChI=1S/C64H41NS/c1-2-13-45(14-3-1)60-41-53-17-7-9-20-58(53)62-59-22-11-23-61(63(59)66-64(60)62)65(55-36-32-46(33-37-55)57-21-10-18-44-15-6-8-19-56(44)57)54-34-30-43(31-35-54)48-26-27-51-40-52(29-28-50(51)39-48)49-25-24-42-12-4-5-16-47(42)38-49/h1-41H. The predicted molar refractivity (Wildman–Crippen MR) is 286 cm³/mol. The fraction of sp³-hybridized carbons (Fsp3) is 0. The minimum atomic E-state index is 1.11. The molecule has 66 heavy (non-hydrogen) atoms. The largest absolute Gasteiger partial charge is 0.309 e. The van der Waals surface area contributed by atoms with Crippen LogP contribution in [0, 0.1) is 0 Å². The quantitative estimate of drug-likeness (QED) is 0.154. The van der Waals surface area contributed by atoms with Crippen molar-refractivity contribution in [2.24, 2.45) is 0 Å². The third-order valence-electron chi connectivity index (χ3n) is 13.4. The van der Waals surface area contributed by atoms with Gasteiger partial charge in [-0.1, -0.05) is 194 Å². The van der Waals surface area contributed by atoms with Crippen molar-refractivity contribution in [3.8, 4) is 44.5 Å². The molecule has 13 rings (SSSR count). The molecule has 0 radical (unpaired) electrons. The lowest BCUT2D eigenvalue weighted by Gasteiger charge is -2.26. The maximum absolute atomic E-state index is 2.45. The first-order chi connectivity index (χ1) is 32.7. The highest BCUT2D eigenvalue weighted by atomic mass is 32.1. The molecular formula is C64H41NS. The molecule has 0 spiro atoms. The topological polar surface area (TPSA) is 3.24 Å². The highest BCUT2D eigenvalue weighted by Crippen LogP contribution is 2.49. The molecule has 0 fully saturated rings. The van der Waals surface area contributed by atoms with Crippen molar-refractivity contribution in [2.75, 3.05) is 4.90 Å². The van der Waals surface area contributed by atoms with Crippen molar-refractivity contribution in [3.05, 3.63) is 249 Å². The summed E-state index contributed by atoms with van der Waals surface area (Å²) in [6.07, 6.45) is 0. The van der Waals surface area contributed by atoms with Gasteiger partial charge >= 0.3 is 0 Å². The molecule has 0 aliphatic carbocycles. The van der Waals surface area contributed by atoms with Crippen molar-refractivity contribution in [1.82, 2.24) is 0 Å². The highest BCUT2D eigenvalue weighted by molar-refractivity contribution is 7.27. The summed E-state index contributed by atoms with van der Waals surface area (Å²) in [5, 5.41) is 12.6. The Labute approximate surface area is 387 Å². The van der Waals surface area contributed by atoms with Crippen LogP contribution in [0.2, 0.25) is 0 Å². The van der Waals surface area contributed by atoms with E-state index in [-0.39, 0.29) is 0 Å². The van der Waals surface area contributed by atoms with E-state index in [9.17, 15) is 0 Å². The Morgan fingerprint density at radius 3 is 1.45 bits per heavy atom. The number of hydrogen-bond donors (Lipinski definition) is 0. The van der Waals surface area contributed by atoms with Gasteiger partial charge < -0.3 is 4.90 Å². The van der Waals surface area contributed by atoms with E-state index in [4.69, 9.17) is 0 Å². The van der Waals surface area contributed by atoms with E-state index >= 15 is 0 Å². The predicted octanol–water partition coefficient (Wildman–Crippen LogP) is 18.8. The fourth-order valence-electron chi connectivity index (χ4n) is 10.1. The molecule has 0 N–H and O–H groups in total. The van der Waals surface area contributed by atoms with Crippen LogP contribution < -0.4 is 4.90 Å². The minimum absolute atomic E-state index is 1.11. The first-order valence-corrected chi connectivity index (χ1v) is 23.5. The Bertz CT molecular complexity index is 3970. The zero-order valence-corrected chi connectivity index (χ0v) is 36.8. The van der Waals surface area contributed by atoms with E-state index in [1.54, 1.807) is 0 Å². The average molecular weight is 856 g/mol. The molecule has 1 nitrogen and oxygen atoms in total. The van der Waals surface area contributed by atoms with Gasteiger partial charge in [0.25, 0.3) is 0 Å². The lowest BCUT2D eigenvalue weighted by molar-refractivity contribution is 1.30. The van der Waals surface area contributed by atoms with E-state index in [0.29, 0.717) is 0 Å². The summed E-state index contributed by atoms with van der Waals surface area (Å²) < 4.78 is 2.57. The maximum atomic E-state index is 2.45. The third-order valence-corrected chi connectivity index (χ3v) is 14.7. The van der Waals surface area contributed by atoms with Crippen LogP contribution in [0.5, 0.6) is 0 Å². The van der Waals surface area contributed by atoms with Gasteiger partial charge in [0.15, 0.2) is 0 Å². The van der Waals surface area contributed by atoms with Crippen LogP contribution in [0.3, 0.4) is 0 Å². The summed E-state index contributed by atoms with van der Waals surface area (Å²) in [4.78, 5) is 2.45. The van der Waals surface area contributed by atoms with Gasteiger partial charge in [0.1, 0.15) is 0 Å². The molecule has 308 valence electrons. The van der Waals surface area contributed by atoms with E-state index < -0.39 is 0 Å². The number of rotatable bonds is 7. The molecule has 1 aromatic heterocycles. The summed E-state index contributed by atoms with van der Waals surface area (Å²) in [7, 11) is 0. The molecule has 0 amide bonds. The second kappa shape index (κ2) is 15.7. The van der Waals surface area contributed by atoms with E-state index in [1.807, 2.05) is 11.3 Å². The second-order valence-electron chi connectivity index (χ2n) is 17.3. The van der Waals surface area contributed by atoms with Crippen LogP contribution >= 0.6 is 11.3 Å². The average Bonchev–Trinajstić information content (AvgIpc) is 3.79. The molecule has 12 aromatic carbocycles. The van der Waals surface area contributed by atoms with Gasteiger partial charge in [-0.2, -0.15) is 0 Å². The molecule has 0 saturated carbocycles. The molecule has 0 saturated heterocycles. The molecule has 13 aromatic rings. The Kier molecular flexibility index (Phi) is 9.11. The van der Waals surface area contributed by atoms with Crippen molar-refractivity contribution < 1.29 is 0 Å². The van der Waals surface area contributed by atoms with Gasteiger partial charge in [0.05, 0.1) is 10.4 Å². The summed E-state index contributed by atoms with van der Waals surface area (Å²) in [5.41, 5.74) is 13.2. The van der Waals surface area contributed by atoms with Crippen LogP contribution in [0.1, 0.15) is 0 Å². The van der Waals surface area contributed by atoms with Crippen LogP contribution in [0.4, 0.5) is 17.1 Å². The van der Waals surface area contributed by atoms with Gasteiger partial charge in [0, 0.05) is 32.4 Å². The molecule has 2 heteroatoms. The fourth-order valence-corrected chi connectivity index (χ4v) is 11.5. The highest BCUT2D eigenvalue weighted by Gasteiger charge is 2.21. The number of nitrogens with zero attached hydrogens (tertiary/aromatic N) is 1. The van der Waals surface area contributed by atoms with Crippen molar-refractivity contribution >= 4 is 91.7 Å².